The zero-order chi connectivity index (χ0) is 12.5. The maximum atomic E-state index is 4.41. The smallest absolute Gasteiger partial charge is 0.125 e. The third-order valence-electron chi connectivity index (χ3n) is 2.73. The molecule has 0 aliphatic carbocycles. The van der Waals surface area contributed by atoms with Gasteiger partial charge < -0.3 is 10.2 Å². The zero-order valence-electron chi connectivity index (χ0n) is 11.4. The van der Waals surface area contributed by atoms with E-state index in [4.69, 9.17) is 0 Å². The third-order valence-corrected chi connectivity index (χ3v) is 2.73. The molecule has 1 heterocycles. The fourth-order valence-electron chi connectivity index (χ4n) is 1.69. The average Bonchev–Trinajstić information content (AvgIpc) is 2.35. The maximum absolute atomic E-state index is 4.41. The predicted molar refractivity (Wildman–Crippen MR) is 74.3 cm³/mol. The lowest BCUT2D eigenvalue weighted by Gasteiger charge is -2.16. The van der Waals surface area contributed by atoms with Crippen molar-refractivity contribution in [3.05, 3.63) is 23.9 Å². The van der Waals surface area contributed by atoms with E-state index in [2.05, 4.69) is 48.2 Å². The van der Waals surface area contributed by atoms with Crippen LogP contribution in [0.4, 0.5) is 5.82 Å². The molecule has 0 fully saturated rings. The van der Waals surface area contributed by atoms with Gasteiger partial charge in [0.25, 0.3) is 0 Å². The molecule has 0 saturated heterocycles. The van der Waals surface area contributed by atoms with Gasteiger partial charge in [0.15, 0.2) is 0 Å². The van der Waals surface area contributed by atoms with Gasteiger partial charge in [-0.25, -0.2) is 4.98 Å². The van der Waals surface area contributed by atoms with Crippen LogP contribution in [-0.4, -0.2) is 30.0 Å². The van der Waals surface area contributed by atoms with Crippen LogP contribution in [0.25, 0.3) is 0 Å². The van der Waals surface area contributed by atoms with E-state index in [-0.39, 0.29) is 0 Å². The summed E-state index contributed by atoms with van der Waals surface area (Å²) in [5, 5.41) is 3.28. The summed E-state index contributed by atoms with van der Waals surface area (Å²) in [4.78, 5) is 6.76. The fraction of sp³-hybridized carbons (Fsp3) is 0.643. The van der Waals surface area contributed by atoms with Gasteiger partial charge in [-0.15, -0.1) is 0 Å². The highest BCUT2D eigenvalue weighted by Crippen LogP contribution is 2.07. The molecule has 0 saturated carbocycles. The molecular weight excluding hydrogens is 210 g/mol. The highest BCUT2D eigenvalue weighted by molar-refractivity contribution is 5.35. The lowest BCUT2D eigenvalue weighted by Crippen LogP contribution is -2.19. The van der Waals surface area contributed by atoms with Gasteiger partial charge in [-0.1, -0.05) is 26.3 Å². The lowest BCUT2D eigenvalue weighted by atomic mass is 10.2. The molecule has 0 unspecified atom stereocenters. The first-order chi connectivity index (χ1) is 8.26. The maximum Gasteiger partial charge on any atom is 0.125 e. The summed E-state index contributed by atoms with van der Waals surface area (Å²) in [6, 6.07) is 4.23. The average molecular weight is 235 g/mol. The number of rotatable bonds is 8. The van der Waals surface area contributed by atoms with Gasteiger partial charge in [-0.05, 0) is 38.1 Å². The largest absolute Gasteiger partial charge is 0.370 e. The summed E-state index contributed by atoms with van der Waals surface area (Å²) in [5.41, 5.74) is 1.28. The number of unbranched alkanes of at least 4 members (excludes halogenated alkanes) is 1. The standard InChI is InChI=1S/C14H25N3/c1-4-6-10-17(3)12-13-7-8-14(16-11-13)15-9-5-2/h7-8,11H,4-6,9-10,12H2,1-3H3,(H,15,16). The van der Waals surface area contributed by atoms with Crippen LogP contribution in [0.2, 0.25) is 0 Å². The molecule has 0 atom stereocenters. The molecule has 3 heteroatoms. The highest BCUT2D eigenvalue weighted by atomic mass is 15.1. The summed E-state index contributed by atoms with van der Waals surface area (Å²) in [6.45, 7) is 7.52. The van der Waals surface area contributed by atoms with Crippen molar-refractivity contribution in [2.45, 2.75) is 39.7 Å². The van der Waals surface area contributed by atoms with Crippen molar-refractivity contribution in [1.29, 1.82) is 0 Å². The molecule has 0 aliphatic heterocycles. The molecule has 17 heavy (non-hydrogen) atoms. The van der Waals surface area contributed by atoms with Crippen molar-refractivity contribution >= 4 is 5.82 Å². The van der Waals surface area contributed by atoms with Crippen LogP contribution in [0.5, 0.6) is 0 Å². The van der Waals surface area contributed by atoms with Crippen LogP contribution < -0.4 is 5.32 Å². The Morgan fingerprint density at radius 3 is 2.65 bits per heavy atom. The number of aromatic nitrogens is 1. The Labute approximate surface area is 105 Å². The molecular formula is C14H25N3. The number of nitrogens with zero attached hydrogens (tertiary/aromatic N) is 2. The van der Waals surface area contributed by atoms with Crippen LogP contribution in [0.3, 0.4) is 0 Å². The normalized spacial score (nSPS) is 10.8. The summed E-state index contributed by atoms with van der Waals surface area (Å²) >= 11 is 0. The summed E-state index contributed by atoms with van der Waals surface area (Å²) in [6.07, 6.45) is 5.62. The Balaban J connectivity index is 2.39. The Kier molecular flexibility index (Phi) is 6.63. The molecule has 0 bridgehead atoms. The van der Waals surface area contributed by atoms with E-state index in [1.54, 1.807) is 0 Å². The summed E-state index contributed by atoms with van der Waals surface area (Å²) in [5.74, 6) is 0.979. The predicted octanol–water partition coefficient (Wildman–Crippen LogP) is 3.14. The topological polar surface area (TPSA) is 28.2 Å². The number of nitrogens with one attached hydrogen (secondary N) is 1. The molecule has 1 N–H and O–H groups in total. The molecule has 96 valence electrons. The number of anilines is 1. The quantitative estimate of drug-likeness (QED) is 0.750. The van der Waals surface area contributed by atoms with Crippen molar-refractivity contribution in [2.75, 3.05) is 25.5 Å². The minimum absolute atomic E-state index is 0.979. The van der Waals surface area contributed by atoms with E-state index >= 15 is 0 Å². The van der Waals surface area contributed by atoms with Crippen LogP contribution >= 0.6 is 0 Å². The van der Waals surface area contributed by atoms with Crippen LogP contribution in [0, 0.1) is 0 Å². The monoisotopic (exact) mass is 235 g/mol. The first-order valence-corrected chi connectivity index (χ1v) is 6.63. The van der Waals surface area contributed by atoms with Crippen molar-refractivity contribution in [1.82, 2.24) is 9.88 Å². The Hall–Kier alpha value is -1.09. The summed E-state index contributed by atoms with van der Waals surface area (Å²) < 4.78 is 0. The van der Waals surface area contributed by atoms with Crippen molar-refractivity contribution < 1.29 is 0 Å². The molecule has 1 aromatic heterocycles. The molecule has 3 nitrogen and oxygen atoms in total. The molecule has 1 rings (SSSR count). The van der Waals surface area contributed by atoms with Crippen molar-refractivity contribution in [3.63, 3.8) is 0 Å². The molecule has 0 spiro atoms. The Bertz CT molecular complexity index is 295. The lowest BCUT2D eigenvalue weighted by molar-refractivity contribution is 0.320. The van der Waals surface area contributed by atoms with Crippen LogP contribution in [0.15, 0.2) is 18.3 Å². The van der Waals surface area contributed by atoms with E-state index in [1.807, 2.05) is 6.20 Å². The van der Waals surface area contributed by atoms with Gasteiger partial charge in [0.1, 0.15) is 5.82 Å². The van der Waals surface area contributed by atoms with E-state index in [9.17, 15) is 0 Å². The number of hydrogen-bond acceptors (Lipinski definition) is 3. The second-order valence-corrected chi connectivity index (χ2v) is 4.57. The third kappa shape index (κ3) is 5.68. The van der Waals surface area contributed by atoms with E-state index in [0.29, 0.717) is 0 Å². The first-order valence-electron chi connectivity index (χ1n) is 6.63. The minimum atomic E-state index is 0.979. The summed E-state index contributed by atoms with van der Waals surface area (Å²) in [7, 11) is 2.17. The van der Waals surface area contributed by atoms with E-state index in [1.165, 1.54) is 18.4 Å². The van der Waals surface area contributed by atoms with Gasteiger partial charge >= 0.3 is 0 Å². The van der Waals surface area contributed by atoms with Crippen LogP contribution in [0.1, 0.15) is 38.7 Å². The van der Waals surface area contributed by atoms with Crippen LogP contribution in [-0.2, 0) is 6.54 Å². The highest BCUT2D eigenvalue weighted by Gasteiger charge is 2.00. The van der Waals surface area contributed by atoms with Crippen molar-refractivity contribution in [2.24, 2.45) is 0 Å². The molecule has 0 aromatic carbocycles. The second kappa shape index (κ2) is 8.07. The van der Waals surface area contributed by atoms with Gasteiger partial charge in [0.2, 0.25) is 0 Å². The van der Waals surface area contributed by atoms with E-state index < -0.39 is 0 Å². The molecule has 1 aromatic rings. The second-order valence-electron chi connectivity index (χ2n) is 4.57. The van der Waals surface area contributed by atoms with Gasteiger partial charge in [-0.3, -0.25) is 0 Å². The van der Waals surface area contributed by atoms with Gasteiger partial charge in [-0.2, -0.15) is 0 Å². The number of pyridine rings is 1. The van der Waals surface area contributed by atoms with E-state index in [0.717, 1.165) is 31.9 Å². The van der Waals surface area contributed by atoms with Gasteiger partial charge in [0, 0.05) is 19.3 Å². The molecule has 0 aliphatic rings. The first kappa shape index (κ1) is 14.0. The SMILES string of the molecule is CCCCN(C)Cc1ccc(NCCC)nc1. The number of hydrogen-bond donors (Lipinski definition) is 1. The van der Waals surface area contributed by atoms with Crippen molar-refractivity contribution in [3.8, 4) is 0 Å². The zero-order valence-corrected chi connectivity index (χ0v) is 11.4. The minimum Gasteiger partial charge on any atom is -0.370 e. The fourth-order valence-corrected chi connectivity index (χ4v) is 1.69. The van der Waals surface area contributed by atoms with Gasteiger partial charge in [0.05, 0.1) is 0 Å². The Morgan fingerprint density at radius 2 is 2.06 bits per heavy atom. The Morgan fingerprint density at radius 1 is 1.24 bits per heavy atom. The molecule has 0 radical (unpaired) electrons. The molecule has 0 amide bonds.